The molecule has 4 nitrogen and oxygen atoms in total. The summed E-state index contributed by atoms with van der Waals surface area (Å²) in [4.78, 5) is 12.2. The van der Waals surface area contributed by atoms with Gasteiger partial charge in [0, 0.05) is 16.2 Å². The standard InChI is InChI=1S/C16H15BrFNO3/c1-3-22-14-7-5-11(9-15(14)21-2)19-16(20)12-8-10(18)4-6-13(12)17/h4-9H,3H2,1-2H3,(H,19,20). The molecular formula is C16H15BrFNO3. The summed E-state index contributed by atoms with van der Waals surface area (Å²) in [6.45, 7) is 2.38. The van der Waals surface area contributed by atoms with E-state index in [0.717, 1.165) is 0 Å². The van der Waals surface area contributed by atoms with Gasteiger partial charge < -0.3 is 14.8 Å². The van der Waals surface area contributed by atoms with Gasteiger partial charge >= 0.3 is 0 Å². The molecule has 0 aromatic heterocycles. The lowest BCUT2D eigenvalue weighted by molar-refractivity contribution is 0.102. The summed E-state index contributed by atoms with van der Waals surface area (Å²) in [6, 6.07) is 8.99. The Labute approximate surface area is 136 Å². The summed E-state index contributed by atoms with van der Waals surface area (Å²) in [7, 11) is 1.52. The van der Waals surface area contributed by atoms with E-state index in [0.29, 0.717) is 28.3 Å². The van der Waals surface area contributed by atoms with Crippen molar-refractivity contribution in [1.82, 2.24) is 0 Å². The van der Waals surface area contributed by atoms with Gasteiger partial charge in [-0.25, -0.2) is 4.39 Å². The molecule has 1 amide bonds. The SMILES string of the molecule is CCOc1ccc(NC(=O)c2cc(F)ccc2Br)cc1OC. The van der Waals surface area contributed by atoms with Crippen LogP contribution in [-0.4, -0.2) is 19.6 Å². The van der Waals surface area contributed by atoms with E-state index in [1.165, 1.54) is 25.3 Å². The van der Waals surface area contributed by atoms with Gasteiger partial charge in [-0.3, -0.25) is 4.79 Å². The lowest BCUT2D eigenvalue weighted by Crippen LogP contribution is -2.13. The van der Waals surface area contributed by atoms with E-state index >= 15 is 0 Å². The number of hydrogen-bond acceptors (Lipinski definition) is 3. The van der Waals surface area contributed by atoms with Crippen LogP contribution in [-0.2, 0) is 0 Å². The van der Waals surface area contributed by atoms with Crippen molar-refractivity contribution >= 4 is 27.5 Å². The number of rotatable bonds is 5. The molecule has 0 atom stereocenters. The normalized spacial score (nSPS) is 10.2. The van der Waals surface area contributed by atoms with Crippen LogP contribution in [0.4, 0.5) is 10.1 Å². The van der Waals surface area contributed by atoms with Gasteiger partial charge in [0.05, 0.1) is 19.3 Å². The third-order valence-corrected chi connectivity index (χ3v) is 3.59. The minimum Gasteiger partial charge on any atom is -0.493 e. The van der Waals surface area contributed by atoms with Crippen molar-refractivity contribution in [3.05, 3.63) is 52.3 Å². The van der Waals surface area contributed by atoms with E-state index in [9.17, 15) is 9.18 Å². The van der Waals surface area contributed by atoms with Crippen molar-refractivity contribution in [2.75, 3.05) is 19.0 Å². The second-order valence-corrected chi connectivity index (χ2v) is 5.23. The number of methoxy groups -OCH3 is 1. The van der Waals surface area contributed by atoms with Gasteiger partial charge in [-0.1, -0.05) is 0 Å². The molecule has 0 spiro atoms. The van der Waals surface area contributed by atoms with Crippen LogP contribution in [0, 0.1) is 5.82 Å². The van der Waals surface area contributed by atoms with Crippen LogP contribution >= 0.6 is 15.9 Å². The topological polar surface area (TPSA) is 47.6 Å². The van der Waals surface area contributed by atoms with Gasteiger partial charge in [0.15, 0.2) is 11.5 Å². The highest BCUT2D eigenvalue weighted by Crippen LogP contribution is 2.30. The molecule has 0 fully saturated rings. The Kier molecular flexibility index (Phi) is 5.38. The lowest BCUT2D eigenvalue weighted by Gasteiger charge is -2.12. The Balaban J connectivity index is 2.23. The molecule has 0 aliphatic heterocycles. The number of carbonyl (C=O) groups is 1. The third-order valence-electron chi connectivity index (χ3n) is 2.89. The molecule has 1 N–H and O–H groups in total. The summed E-state index contributed by atoms with van der Waals surface area (Å²) >= 11 is 3.23. The monoisotopic (exact) mass is 367 g/mol. The highest BCUT2D eigenvalue weighted by atomic mass is 79.9. The number of hydrogen-bond donors (Lipinski definition) is 1. The molecule has 0 radical (unpaired) electrons. The first-order valence-corrected chi connectivity index (χ1v) is 7.41. The Hall–Kier alpha value is -2.08. The number of amides is 1. The van der Waals surface area contributed by atoms with Gasteiger partial charge in [0.2, 0.25) is 0 Å². The second kappa shape index (κ2) is 7.26. The van der Waals surface area contributed by atoms with Gasteiger partial charge in [-0.05, 0) is 53.2 Å². The number of anilines is 1. The molecule has 2 aromatic carbocycles. The Morgan fingerprint density at radius 1 is 1.23 bits per heavy atom. The highest BCUT2D eigenvalue weighted by Gasteiger charge is 2.13. The van der Waals surface area contributed by atoms with Crippen molar-refractivity contribution in [2.24, 2.45) is 0 Å². The van der Waals surface area contributed by atoms with Gasteiger partial charge in [-0.2, -0.15) is 0 Å². The van der Waals surface area contributed by atoms with Crippen LogP contribution in [0.15, 0.2) is 40.9 Å². The second-order valence-electron chi connectivity index (χ2n) is 4.38. The van der Waals surface area contributed by atoms with Crippen molar-refractivity contribution in [2.45, 2.75) is 6.92 Å². The van der Waals surface area contributed by atoms with Crippen LogP contribution in [0.5, 0.6) is 11.5 Å². The molecule has 0 saturated carbocycles. The highest BCUT2D eigenvalue weighted by molar-refractivity contribution is 9.10. The maximum Gasteiger partial charge on any atom is 0.256 e. The first-order valence-electron chi connectivity index (χ1n) is 6.62. The van der Waals surface area contributed by atoms with Gasteiger partial charge in [0.1, 0.15) is 5.82 Å². The summed E-state index contributed by atoms with van der Waals surface area (Å²) in [5.41, 5.74) is 0.745. The van der Waals surface area contributed by atoms with E-state index in [1.54, 1.807) is 18.2 Å². The van der Waals surface area contributed by atoms with Crippen LogP contribution in [0.2, 0.25) is 0 Å². The van der Waals surface area contributed by atoms with Crippen LogP contribution in [0.25, 0.3) is 0 Å². The number of halogens is 2. The third kappa shape index (κ3) is 3.76. The van der Waals surface area contributed by atoms with E-state index in [2.05, 4.69) is 21.2 Å². The maximum atomic E-state index is 13.3. The zero-order chi connectivity index (χ0) is 16.1. The predicted octanol–water partition coefficient (Wildman–Crippen LogP) is 4.25. The molecule has 2 aromatic rings. The molecule has 0 saturated heterocycles. The Morgan fingerprint density at radius 2 is 2.00 bits per heavy atom. The summed E-state index contributed by atoms with van der Waals surface area (Å²) in [6.07, 6.45) is 0. The smallest absolute Gasteiger partial charge is 0.256 e. The number of carbonyl (C=O) groups excluding carboxylic acids is 1. The zero-order valence-electron chi connectivity index (χ0n) is 12.2. The molecule has 0 bridgehead atoms. The average molecular weight is 368 g/mol. The van der Waals surface area contributed by atoms with Crippen molar-refractivity contribution in [3.63, 3.8) is 0 Å². The first kappa shape index (κ1) is 16.3. The molecular weight excluding hydrogens is 353 g/mol. The Bertz CT molecular complexity index is 691. The van der Waals surface area contributed by atoms with Gasteiger partial charge in [-0.15, -0.1) is 0 Å². The largest absolute Gasteiger partial charge is 0.493 e. The first-order chi connectivity index (χ1) is 10.5. The molecule has 0 aliphatic rings. The van der Waals surface area contributed by atoms with Crippen molar-refractivity contribution < 1.29 is 18.7 Å². The van der Waals surface area contributed by atoms with Gasteiger partial charge in [0.25, 0.3) is 5.91 Å². The number of nitrogens with one attached hydrogen (secondary N) is 1. The quantitative estimate of drug-likeness (QED) is 0.859. The average Bonchev–Trinajstić information content (AvgIpc) is 2.51. The molecule has 116 valence electrons. The minimum absolute atomic E-state index is 0.216. The lowest BCUT2D eigenvalue weighted by atomic mass is 10.2. The molecule has 6 heteroatoms. The summed E-state index contributed by atoms with van der Waals surface area (Å²) in [5, 5.41) is 2.70. The molecule has 22 heavy (non-hydrogen) atoms. The van der Waals surface area contributed by atoms with Crippen molar-refractivity contribution in [1.29, 1.82) is 0 Å². The van der Waals surface area contributed by atoms with E-state index < -0.39 is 11.7 Å². The van der Waals surface area contributed by atoms with E-state index in [4.69, 9.17) is 9.47 Å². The molecule has 0 unspecified atom stereocenters. The zero-order valence-corrected chi connectivity index (χ0v) is 13.7. The van der Waals surface area contributed by atoms with Crippen molar-refractivity contribution in [3.8, 4) is 11.5 Å². The van der Waals surface area contributed by atoms with Crippen LogP contribution in [0.1, 0.15) is 17.3 Å². The molecule has 2 rings (SSSR count). The van der Waals surface area contributed by atoms with E-state index in [1.807, 2.05) is 6.92 Å². The van der Waals surface area contributed by atoms with Crippen LogP contribution in [0.3, 0.4) is 0 Å². The summed E-state index contributed by atoms with van der Waals surface area (Å²) in [5.74, 6) is 0.211. The fraction of sp³-hybridized carbons (Fsp3) is 0.188. The predicted molar refractivity (Wildman–Crippen MR) is 86.2 cm³/mol. The fourth-order valence-corrected chi connectivity index (χ4v) is 2.32. The minimum atomic E-state index is -0.474. The van der Waals surface area contributed by atoms with Crippen LogP contribution < -0.4 is 14.8 Å². The Morgan fingerprint density at radius 3 is 2.68 bits per heavy atom. The number of benzene rings is 2. The fourth-order valence-electron chi connectivity index (χ4n) is 1.89. The number of ether oxygens (including phenoxy) is 2. The summed E-state index contributed by atoms with van der Waals surface area (Å²) < 4.78 is 24.4. The molecule has 0 aliphatic carbocycles. The van der Waals surface area contributed by atoms with E-state index in [-0.39, 0.29) is 5.56 Å². The maximum absolute atomic E-state index is 13.3. The molecule has 0 heterocycles.